The van der Waals surface area contributed by atoms with E-state index in [4.69, 9.17) is 11.6 Å². The summed E-state index contributed by atoms with van der Waals surface area (Å²) < 4.78 is 0.275. The molecule has 2 aromatic heterocycles. The minimum absolute atomic E-state index is 0.171. The lowest BCUT2D eigenvalue weighted by atomic mass is 10.2. The summed E-state index contributed by atoms with van der Waals surface area (Å²) in [5.74, 6) is -0.171. The number of carbonyl (C=O) groups excluding carboxylic acids is 1. The van der Waals surface area contributed by atoms with Crippen LogP contribution in [-0.4, -0.2) is 39.6 Å². The van der Waals surface area contributed by atoms with Crippen LogP contribution in [0.2, 0.25) is 4.47 Å². The van der Waals surface area contributed by atoms with Crippen LogP contribution in [0.4, 0.5) is 0 Å². The molecule has 2 rings (SSSR count). The molecule has 0 aliphatic rings. The molecule has 0 bridgehead atoms. The van der Waals surface area contributed by atoms with Gasteiger partial charge in [0.05, 0.1) is 0 Å². The molecule has 0 aliphatic heterocycles. The van der Waals surface area contributed by atoms with Crippen molar-refractivity contribution in [3.05, 3.63) is 39.6 Å². The van der Waals surface area contributed by atoms with Crippen molar-refractivity contribution in [1.29, 1.82) is 0 Å². The van der Waals surface area contributed by atoms with Crippen LogP contribution < -0.4 is 0 Å². The topological polar surface area (TPSA) is 59.0 Å². The van der Waals surface area contributed by atoms with Crippen LogP contribution in [0.5, 0.6) is 0 Å². The van der Waals surface area contributed by atoms with E-state index in [0.717, 1.165) is 17.0 Å². The predicted octanol–water partition coefficient (Wildman–Crippen LogP) is 1.90. The highest BCUT2D eigenvalue weighted by Gasteiger charge is 2.16. The van der Waals surface area contributed by atoms with Gasteiger partial charge in [-0.25, -0.2) is 0 Å². The minimum atomic E-state index is -0.171. The maximum absolute atomic E-state index is 11.9. The third-order valence-electron chi connectivity index (χ3n) is 2.36. The largest absolute Gasteiger partial charge is 0.339 e. The second-order valence-corrected chi connectivity index (χ2v) is 5.22. The molecule has 2 aromatic rings. The van der Waals surface area contributed by atoms with E-state index in [1.165, 1.54) is 0 Å². The summed E-state index contributed by atoms with van der Waals surface area (Å²) in [6.07, 6.45) is 2.44. The Bertz CT molecular complexity index is 531. The van der Waals surface area contributed by atoms with E-state index in [1.807, 2.05) is 18.2 Å². The van der Waals surface area contributed by atoms with Crippen LogP contribution in [0.3, 0.4) is 0 Å². The molecule has 0 N–H and O–H groups in total. The molecule has 5 nitrogen and oxygen atoms in total. The Balaban J connectivity index is 1.92. The Morgan fingerprint density at radius 3 is 2.89 bits per heavy atom. The fraction of sp³-hybridized carbons (Fsp3) is 0.273. The number of nitrogens with zero attached hydrogens (tertiary/aromatic N) is 4. The smallest absolute Gasteiger partial charge is 0.284 e. The van der Waals surface area contributed by atoms with Gasteiger partial charge < -0.3 is 4.90 Å². The van der Waals surface area contributed by atoms with Gasteiger partial charge >= 0.3 is 0 Å². The summed E-state index contributed by atoms with van der Waals surface area (Å²) in [7, 11) is 1.72. The molecule has 0 saturated carbocycles. The summed E-state index contributed by atoms with van der Waals surface area (Å²) >= 11 is 6.73. The molecule has 0 aromatic carbocycles. The Morgan fingerprint density at radius 1 is 1.44 bits per heavy atom. The number of halogens is 1. The first-order chi connectivity index (χ1) is 8.66. The Hall–Kier alpha value is -1.53. The lowest BCUT2D eigenvalue weighted by molar-refractivity contribution is 0.0795. The van der Waals surface area contributed by atoms with Gasteiger partial charge in [-0.05, 0) is 23.7 Å². The molecule has 0 fully saturated rings. The highest BCUT2D eigenvalue weighted by Crippen LogP contribution is 2.16. The average molecular weight is 283 g/mol. The standard InChI is InChI=1S/C11H11ClN4OS/c1-16(7-5-8-4-2-3-6-13-8)10(17)9-14-15-11(12)18-9/h2-4,6H,5,7H2,1H3. The van der Waals surface area contributed by atoms with Gasteiger partial charge in [-0.15, -0.1) is 10.2 Å². The van der Waals surface area contributed by atoms with Gasteiger partial charge in [0, 0.05) is 31.9 Å². The number of hydrogen-bond acceptors (Lipinski definition) is 5. The lowest BCUT2D eigenvalue weighted by Crippen LogP contribution is -2.28. The first-order valence-corrected chi connectivity index (χ1v) is 6.50. The van der Waals surface area contributed by atoms with Gasteiger partial charge in [0.25, 0.3) is 5.91 Å². The minimum Gasteiger partial charge on any atom is -0.339 e. The van der Waals surface area contributed by atoms with Gasteiger partial charge in [-0.3, -0.25) is 9.78 Å². The highest BCUT2D eigenvalue weighted by molar-refractivity contribution is 7.17. The van der Waals surface area contributed by atoms with Crippen molar-refractivity contribution in [3.8, 4) is 0 Å². The number of likely N-dealkylation sites (N-methyl/N-ethyl adjacent to an activating group) is 1. The first-order valence-electron chi connectivity index (χ1n) is 5.31. The fourth-order valence-electron chi connectivity index (χ4n) is 1.38. The second-order valence-electron chi connectivity index (χ2n) is 3.66. The number of pyridine rings is 1. The second kappa shape index (κ2) is 5.88. The van der Waals surface area contributed by atoms with Crippen molar-refractivity contribution in [2.45, 2.75) is 6.42 Å². The number of hydrogen-bond donors (Lipinski definition) is 0. The van der Waals surface area contributed by atoms with Crippen molar-refractivity contribution in [3.63, 3.8) is 0 Å². The molecule has 0 saturated heterocycles. The van der Waals surface area contributed by atoms with Crippen LogP contribution >= 0.6 is 22.9 Å². The van der Waals surface area contributed by atoms with Crippen LogP contribution in [-0.2, 0) is 6.42 Å². The third-order valence-corrected chi connectivity index (χ3v) is 3.37. The third kappa shape index (κ3) is 3.24. The van der Waals surface area contributed by atoms with E-state index >= 15 is 0 Å². The Kier molecular flexibility index (Phi) is 4.22. The van der Waals surface area contributed by atoms with Crippen LogP contribution in [0.1, 0.15) is 15.5 Å². The molecule has 18 heavy (non-hydrogen) atoms. The molecule has 0 spiro atoms. The molecule has 0 aliphatic carbocycles. The maximum atomic E-state index is 11.9. The zero-order valence-electron chi connectivity index (χ0n) is 9.71. The van der Waals surface area contributed by atoms with Crippen LogP contribution in [0, 0.1) is 0 Å². The molecule has 0 atom stereocenters. The SMILES string of the molecule is CN(CCc1ccccn1)C(=O)c1nnc(Cl)s1. The summed E-state index contributed by atoms with van der Waals surface area (Å²) in [6.45, 7) is 0.576. The molecule has 1 amide bonds. The Morgan fingerprint density at radius 2 is 2.28 bits per heavy atom. The van der Waals surface area contributed by atoms with Gasteiger partial charge in [0.15, 0.2) is 0 Å². The van der Waals surface area contributed by atoms with Gasteiger partial charge in [0.1, 0.15) is 0 Å². The summed E-state index contributed by atoms with van der Waals surface area (Å²) in [4.78, 5) is 17.7. The van der Waals surface area contributed by atoms with Crippen molar-refractivity contribution < 1.29 is 4.79 Å². The zero-order chi connectivity index (χ0) is 13.0. The van der Waals surface area contributed by atoms with Gasteiger partial charge in [-0.1, -0.05) is 17.4 Å². The van der Waals surface area contributed by atoms with Crippen molar-refractivity contribution in [2.24, 2.45) is 0 Å². The number of carbonyl (C=O) groups is 1. The number of amides is 1. The van der Waals surface area contributed by atoms with Gasteiger partial charge in [0.2, 0.25) is 9.47 Å². The average Bonchev–Trinajstić information content (AvgIpc) is 2.83. The molecular formula is C11H11ClN4OS. The summed E-state index contributed by atoms with van der Waals surface area (Å²) in [6, 6.07) is 5.72. The van der Waals surface area contributed by atoms with E-state index < -0.39 is 0 Å². The molecule has 0 unspecified atom stereocenters. The van der Waals surface area contributed by atoms with Crippen molar-refractivity contribution in [2.75, 3.05) is 13.6 Å². The van der Waals surface area contributed by atoms with E-state index in [2.05, 4.69) is 15.2 Å². The highest BCUT2D eigenvalue weighted by atomic mass is 35.5. The maximum Gasteiger partial charge on any atom is 0.284 e. The Labute approximate surface area is 113 Å². The van der Waals surface area contributed by atoms with E-state index in [-0.39, 0.29) is 10.4 Å². The van der Waals surface area contributed by atoms with Crippen LogP contribution in [0.25, 0.3) is 0 Å². The molecule has 0 radical (unpaired) electrons. The fourth-order valence-corrected chi connectivity index (χ4v) is 2.21. The van der Waals surface area contributed by atoms with Crippen molar-refractivity contribution >= 4 is 28.8 Å². The van der Waals surface area contributed by atoms with E-state index in [0.29, 0.717) is 18.0 Å². The molecule has 2 heterocycles. The lowest BCUT2D eigenvalue weighted by Gasteiger charge is -2.14. The number of rotatable bonds is 4. The molecular weight excluding hydrogens is 272 g/mol. The predicted molar refractivity (Wildman–Crippen MR) is 69.8 cm³/mol. The number of aromatic nitrogens is 3. The normalized spacial score (nSPS) is 10.3. The quantitative estimate of drug-likeness (QED) is 0.859. The van der Waals surface area contributed by atoms with Gasteiger partial charge in [-0.2, -0.15) is 0 Å². The summed E-state index contributed by atoms with van der Waals surface area (Å²) in [5.41, 5.74) is 0.951. The van der Waals surface area contributed by atoms with Crippen molar-refractivity contribution in [1.82, 2.24) is 20.1 Å². The van der Waals surface area contributed by atoms with E-state index in [9.17, 15) is 4.79 Å². The summed E-state index contributed by atoms with van der Waals surface area (Å²) in [5, 5.41) is 7.64. The first kappa shape index (κ1) is 12.9. The van der Waals surface area contributed by atoms with Crippen LogP contribution in [0.15, 0.2) is 24.4 Å². The molecule has 7 heteroatoms. The monoisotopic (exact) mass is 282 g/mol. The molecule has 94 valence electrons. The van der Waals surface area contributed by atoms with E-state index in [1.54, 1.807) is 18.1 Å². The zero-order valence-corrected chi connectivity index (χ0v) is 11.3.